The SMILES string of the molecule is c1ccc2c(c1)-c1ccccc1C21c2ccccc2-c2cc(N(c3ccc(-c4cccc5ccccc45)cc3)c3cc4ccccc4c4c3sc3ccccc34)ccc21. The van der Waals surface area contributed by atoms with Crippen LogP contribution in [0.25, 0.3) is 75.1 Å². The lowest BCUT2D eigenvalue weighted by atomic mass is 9.70. The molecule has 10 aromatic carbocycles. The van der Waals surface area contributed by atoms with Gasteiger partial charge in [-0.1, -0.05) is 176 Å². The van der Waals surface area contributed by atoms with Gasteiger partial charge in [0, 0.05) is 26.8 Å². The van der Waals surface area contributed by atoms with Crippen molar-refractivity contribution >= 4 is 70.1 Å². The summed E-state index contributed by atoms with van der Waals surface area (Å²) in [6, 6.07) is 79.2. The van der Waals surface area contributed by atoms with Crippen LogP contribution in [0.1, 0.15) is 22.3 Å². The Bertz CT molecular complexity index is 3470. The first-order chi connectivity index (χ1) is 29.3. The van der Waals surface area contributed by atoms with Gasteiger partial charge in [-0.15, -0.1) is 11.3 Å². The van der Waals surface area contributed by atoms with E-state index in [1.165, 1.54) is 103 Å². The number of nitrogens with zero attached hydrogens (tertiary/aromatic N) is 1. The van der Waals surface area contributed by atoms with Crippen LogP contribution < -0.4 is 4.90 Å². The fourth-order valence-electron chi connectivity index (χ4n) is 10.6. The number of thiophene rings is 1. The van der Waals surface area contributed by atoms with E-state index in [2.05, 4.69) is 217 Å². The Morgan fingerprint density at radius 1 is 0.356 bits per heavy atom. The molecule has 0 N–H and O–H groups in total. The predicted octanol–water partition coefficient (Wildman–Crippen LogP) is 15.8. The molecule has 0 fully saturated rings. The second kappa shape index (κ2) is 12.4. The molecule has 0 unspecified atom stereocenters. The molecule has 0 atom stereocenters. The van der Waals surface area contributed by atoms with Gasteiger partial charge < -0.3 is 4.90 Å². The Balaban J connectivity index is 1.08. The molecule has 2 aliphatic rings. The third kappa shape index (κ3) is 4.50. The van der Waals surface area contributed by atoms with Gasteiger partial charge in [-0.25, -0.2) is 0 Å². The largest absolute Gasteiger partial charge is 0.309 e. The molecule has 11 aromatic rings. The van der Waals surface area contributed by atoms with Gasteiger partial charge in [0.15, 0.2) is 0 Å². The number of fused-ring (bicyclic) bond motifs is 16. The van der Waals surface area contributed by atoms with E-state index in [-0.39, 0.29) is 5.41 Å². The minimum Gasteiger partial charge on any atom is -0.309 e. The van der Waals surface area contributed by atoms with Gasteiger partial charge in [0.1, 0.15) is 0 Å². The number of hydrogen-bond acceptors (Lipinski definition) is 2. The molecule has 0 radical (unpaired) electrons. The van der Waals surface area contributed by atoms with E-state index in [9.17, 15) is 0 Å². The zero-order chi connectivity index (χ0) is 38.7. The van der Waals surface area contributed by atoms with Crippen LogP contribution in [-0.2, 0) is 5.41 Å². The van der Waals surface area contributed by atoms with Gasteiger partial charge in [0.2, 0.25) is 0 Å². The van der Waals surface area contributed by atoms with E-state index in [1.54, 1.807) is 0 Å². The van der Waals surface area contributed by atoms with Crippen LogP contribution in [-0.4, -0.2) is 0 Å². The van der Waals surface area contributed by atoms with Crippen LogP contribution in [0.5, 0.6) is 0 Å². The van der Waals surface area contributed by atoms with Crippen molar-refractivity contribution in [1.82, 2.24) is 0 Å². The van der Waals surface area contributed by atoms with Crippen LogP contribution >= 0.6 is 11.3 Å². The molecule has 1 heterocycles. The fraction of sp³-hybridized carbons (Fsp3) is 0.0175. The normalized spacial score (nSPS) is 13.2. The summed E-state index contributed by atoms with van der Waals surface area (Å²) < 4.78 is 2.59. The lowest BCUT2D eigenvalue weighted by molar-refractivity contribution is 0.794. The number of hydrogen-bond donors (Lipinski definition) is 0. The van der Waals surface area contributed by atoms with E-state index in [0.717, 1.165) is 11.4 Å². The molecule has 59 heavy (non-hydrogen) atoms. The Kier molecular flexibility index (Phi) is 6.87. The second-order valence-electron chi connectivity index (χ2n) is 15.9. The van der Waals surface area contributed by atoms with Crippen molar-refractivity contribution < 1.29 is 0 Å². The van der Waals surface area contributed by atoms with Gasteiger partial charge in [-0.05, 0) is 114 Å². The van der Waals surface area contributed by atoms with Gasteiger partial charge in [-0.2, -0.15) is 0 Å². The zero-order valence-electron chi connectivity index (χ0n) is 32.1. The van der Waals surface area contributed by atoms with Crippen molar-refractivity contribution in [2.24, 2.45) is 0 Å². The first-order valence-electron chi connectivity index (χ1n) is 20.4. The summed E-state index contributed by atoms with van der Waals surface area (Å²) in [5.41, 5.74) is 16.2. The summed E-state index contributed by atoms with van der Waals surface area (Å²) in [5.74, 6) is 0. The van der Waals surface area contributed by atoms with Crippen LogP contribution in [0.15, 0.2) is 212 Å². The molecule has 2 aliphatic carbocycles. The van der Waals surface area contributed by atoms with E-state index in [0.29, 0.717) is 0 Å². The summed E-state index contributed by atoms with van der Waals surface area (Å²) in [5, 5.41) is 7.67. The lowest BCUT2D eigenvalue weighted by Crippen LogP contribution is -2.25. The van der Waals surface area contributed by atoms with Crippen LogP contribution in [0.2, 0.25) is 0 Å². The van der Waals surface area contributed by atoms with Crippen molar-refractivity contribution in [3.63, 3.8) is 0 Å². The smallest absolute Gasteiger partial charge is 0.0725 e. The molecule has 2 heteroatoms. The van der Waals surface area contributed by atoms with Crippen molar-refractivity contribution in [1.29, 1.82) is 0 Å². The molecule has 1 spiro atoms. The standard InChI is InChI=1S/C57H35NS/c1-3-17-41-36(14-1)16-13-23-42(41)37-28-30-39(31-29-37)58(53-34-38-15-2-4-18-43(38)55-47-22-8-12-27-54(47)59-56(53)55)40-32-33-52-48(35-40)46-21-7-11-26-51(46)57(52)49-24-9-5-19-44(49)45-20-6-10-25-50(45)57/h1-35H. The van der Waals surface area contributed by atoms with Crippen LogP contribution in [0.4, 0.5) is 17.1 Å². The van der Waals surface area contributed by atoms with Crippen molar-refractivity contribution in [3.05, 3.63) is 235 Å². The highest BCUT2D eigenvalue weighted by molar-refractivity contribution is 7.26. The average molecular weight is 766 g/mol. The monoisotopic (exact) mass is 765 g/mol. The summed E-state index contributed by atoms with van der Waals surface area (Å²) in [6.07, 6.45) is 0. The minimum absolute atomic E-state index is 0.385. The third-order valence-electron chi connectivity index (χ3n) is 13.1. The Morgan fingerprint density at radius 2 is 0.881 bits per heavy atom. The highest BCUT2D eigenvalue weighted by atomic mass is 32.1. The minimum atomic E-state index is -0.385. The molecule has 0 aliphatic heterocycles. The molecule has 1 nitrogen and oxygen atoms in total. The first-order valence-corrected chi connectivity index (χ1v) is 21.2. The maximum Gasteiger partial charge on any atom is 0.0725 e. The lowest BCUT2D eigenvalue weighted by Gasteiger charge is -2.31. The summed E-state index contributed by atoms with van der Waals surface area (Å²) in [6.45, 7) is 0. The van der Waals surface area contributed by atoms with E-state index >= 15 is 0 Å². The molecule has 0 bridgehead atoms. The quantitative estimate of drug-likeness (QED) is 0.172. The van der Waals surface area contributed by atoms with E-state index in [1.807, 2.05) is 11.3 Å². The fourth-order valence-corrected chi connectivity index (χ4v) is 11.9. The van der Waals surface area contributed by atoms with E-state index < -0.39 is 0 Å². The average Bonchev–Trinajstić information content (AvgIpc) is 3.94. The Labute approximate surface area is 346 Å². The summed E-state index contributed by atoms with van der Waals surface area (Å²) in [4.78, 5) is 2.52. The molecular formula is C57H35NS. The molecular weight excluding hydrogens is 731 g/mol. The number of anilines is 3. The number of rotatable bonds is 4. The molecule has 0 saturated heterocycles. The highest BCUT2D eigenvalue weighted by Crippen LogP contribution is 2.63. The molecule has 274 valence electrons. The Hall–Kier alpha value is -7.26. The van der Waals surface area contributed by atoms with Crippen molar-refractivity contribution in [2.45, 2.75) is 5.41 Å². The van der Waals surface area contributed by atoms with Crippen molar-refractivity contribution in [2.75, 3.05) is 4.90 Å². The zero-order valence-corrected chi connectivity index (χ0v) is 32.9. The van der Waals surface area contributed by atoms with Gasteiger partial charge in [-0.3, -0.25) is 0 Å². The molecule has 13 rings (SSSR count). The van der Waals surface area contributed by atoms with Crippen LogP contribution in [0, 0.1) is 0 Å². The van der Waals surface area contributed by atoms with Gasteiger partial charge >= 0.3 is 0 Å². The van der Waals surface area contributed by atoms with Crippen molar-refractivity contribution in [3.8, 4) is 33.4 Å². The van der Waals surface area contributed by atoms with Gasteiger partial charge in [0.05, 0.1) is 15.8 Å². The van der Waals surface area contributed by atoms with E-state index in [4.69, 9.17) is 0 Å². The Morgan fingerprint density at radius 3 is 1.61 bits per heavy atom. The molecule has 0 amide bonds. The highest BCUT2D eigenvalue weighted by Gasteiger charge is 2.51. The molecule has 1 aromatic heterocycles. The number of benzene rings is 10. The summed E-state index contributed by atoms with van der Waals surface area (Å²) >= 11 is 1.89. The first kappa shape index (κ1) is 32.8. The second-order valence-corrected chi connectivity index (χ2v) is 17.0. The predicted molar refractivity (Wildman–Crippen MR) is 251 cm³/mol. The molecule has 0 saturated carbocycles. The maximum atomic E-state index is 2.52. The van der Waals surface area contributed by atoms with Gasteiger partial charge in [0.25, 0.3) is 0 Å². The summed E-state index contributed by atoms with van der Waals surface area (Å²) in [7, 11) is 0. The topological polar surface area (TPSA) is 3.24 Å². The van der Waals surface area contributed by atoms with Crippen LogP contribution in [0.3, 0.4) is 0 Å². The maximum absolute atomic E-state index is 2.52. The third-order valence-corrected chi connectivity index (χ3v) is 14.2.